The molecule has 1 aromatic carbocycles. The Bertz CT molecular complexity index is 364. The molecule has 0 fully saturated rings. The Balaban J connectivity index is 2.69. The molecule has 0 saturated carbocycles. The van der Waals surface area contributed by atoms with Gasteiger partial charge in [0.15, 0.2) is 0 Å². The van der Waals surface area contributed by atoms with E-state index in [4.69, 9.17) is 0 Å². The first-order chi connectivity index (χ1) is 6.79. The quantitative estimate of drug-likeness (QED) is 0.760. The van der Waals surface area contributed by atoms with E-state index in [2.05, 4.69) is 9.05 Å². The van der Waals surface area contributed by atoms with Gasteiger partial charge in [-0.15, -0.1) is 13.2 Å². The van der Waals surface area contributed by atoms with Crippen molar-refractivity contribution in [1.29, 1.82) is 0 Å². The molecule has 0 spiro atoms. The van der Waals surface area contributed by atoms with Crippen LogP contribution in [0.25, 0.3) is 0 Å². The molecule has 1 atom stereocenters. The molecule has 0 amide bonds. The summed E-state index contributed by atoms with van der Waals surface area (Å²) >= 11 is 0. The molecule has 84 valence electrons. The highest BCUT2D eigenvalue weighted by Crippen LogP contribution is 2.44. The monoisotopic (exact) mass is 241 g/mol. The Morgan fingerprint density at radius 1 is 1.20 bits per heavy atom. The molecule has 8 heteroatoms. The van der Waals surface area contributed by atoms with Gasteiger partial charge in [0.25, 0.3) is 0 Å². The van der Waals surface area contributed by atoms with Crippen molar-refractivity contribution in [2.24, 2.45) is 0 Å². The van der Waals surface area contributed by atoms with Gasteiger partial charge in [0, 0.05) is 0 Å². The Hall–Kier alpha value is -1.04. The minimum Gasteiger partial charge on any atom is -0.746 e. The number of halogens is 3. The molecule has 0 heterocycles. The first-order valence-electron chi connectivity index (χ1n) is 3.62. The second kappa shape index (κ2) is 4.22. The van der Waals surface area contributed by atoms with E-state index in [1.54, 1.807) is 6.07 Å². The first-order valence-corrected chi connectivity index (χ1v) is 5.08. The number of hydrogen-bond acceptors (Lipinski definition) is 4. The average molecular weight is 241 g/mol. The van der Waals surface area contributed by atoms with Gasteiger partial charge >= 0.3 is 14.2 Å². The highest BCUT2D eigenvalue weighted by Gasteiger charge is 2.36. The van der Waals surface area contributed by atoms with E-state index in [1.807, 2.05) is 0 Å². The van der Waals surface area contributed by atoms with Crippen LogP contribution >= 0.6 is 7.82 Å². The lowest BCUT2D eigenvalue weighted by Gasteiger charge is -2.23. The van der Waals surface area contributed by atoms with Crippen molar-refractivity contribution < 1.29 is 31.7 Å². The van der Waals surface area contributed by atoms with E-state index in [0.29, 0.717) is 0 Å². The van der Waals surface area contributed by atoms with Crippen LogP contribution in [0.4, 0.5) is 13.2 Å². The lowest BCUT2D eigenvalue weighted by Crippen LogP contribution is -2.20. The van der Waals surface area contributed by atoms with Crippen LogP contribution < -0.4 is 9.42 Å². The summed E-state index contributed by atoms with van der Waals surface area (Å²) in [5.41, 5.74) is 0. The molecule has 0 N–H and O–H groups in total. The molecule has 1 aromatic rings. The fourth-order valence-electron chi connectivity index (χ4n) is 0.756. The van der Waals surface area contributed by atoms with Crippen molar-refractivity contribution >= 4 is 7.82 Å². The van der Waals surface area contributed by atoms with E-state index in [1.165, 1.54) is 24.3 Å². The molecule has 0 bridgehead atoms. The Morgan fingerprint density at radius 2 is 1.73 bits per heavy atom. The SMILES string of the molecule is O=P([O-])(Oc1ccccc1)OC(F)(F)F. The molecule has 15 heavy (non-hydrogen) atoms. The van der Waals surface area contributed by atoms with Gasteiger partial charge in [-0.1, -0.05) is 18.2 Å². The maximum atomic E-state index is 11.6. The van der Waals surface area contributed by atoms with Crippen LogP contribution in [0.5, 0.6) is 5.75 Å². The van der Waals surface area contributed by atoms with Gasteiger partial charge in [-0.05, 0) is 12.1 Å². The number of benzene rings is 1. The maximum Gasteiger partial charge on any atom is 0.529 e. The van der Waals surface area contributed by atoms with Crippen LogP contribution in [0.3, 0.4) is 0 Å². The second-order valence-electron chi connectivity index (χ2n) is 2.39. The predicted octanol–water partition coefficient (Wildman–Crippen LogP) is 2.07. The normalized spacial score (nSPS) is 15.7. The second-order valence-corrected chi connectivity index (χ2v) is 3.65. The van der Waals surface area contributed by atoms with E-state index < -0.39 is 14.2 Å². The van der Waals surface area contributed by atoms with Crippen molar-refractivity contribution in [3.63, 3.8) is 0 Å². The lowest BCUT2D eigenvalue weighted by atomic mass is 10.3. The lowest BCUT2D eigenvalue weighted by molar-refractivity contribution is -0.318. The van der Waals surface area contributed by atoms with E-state index in [-0.39, 0.29) is 5.75 Å². The van der Waals surface area contributed by atoms with Crippen molar-refractivity contribution in [3.8, 4) is 5.75 Å². The van der Waals surface area contributed by atoms with Gasteiger partial charge in [0.1, 0.15) is 5.75 Å². The molecule has 0 aliphatic rings. The van der Waals surface area contributed by atoms with Gasteiger partial charge in [0.2, 0.25) is 0 Å². The molecule has 0 saturated heterocycles. The highest BCUT2D eigenvalue weighted by molar-refractivity contribution is 7.46. The van der Waals surface area contributed by atoms with Crippen LogP contribution in [0, 0.1) is 0 Å². The molecular formula is C7H5F3O4P-. The summed E-state index contributed by atoms with van der Waals surface area (Å²) in [6.07, 6.45) is -5.29. The van der Waals surface area contributed by atoms with Crippen LogP contribution in [-0.4, -0.2) is 6.36 Å². The first kappa shape index (κ1) is 12.0. The number of alkyl halides is 3. The summed E-state index contributed by atoms with van der Waals surface area (Å²) in [6.45, 7) is 0. The fourth-order valence-corrected chi connectivity index (χ4v) is 1.43. The summed E-state index contributed by atoms with van der Waals surface area (Å²) < 4.78 is 52.3. The number of hydrogen-bond donors (Lipinski definition) is 0. The number of para-hydroxylation sites is 1. The molecule has 4 nitrogen and oxygen atoms in total. The molecule has 0 radical (unpaired) electrons. The molecule has 0 aliphatic heterocycles. The zero-order valence-electron chi connectivity index (χ0n) is 7.10. The van der Waals surface area contributed by atoms with Gasteiger partial charge in [-0.25, -0.2) is 4.52 Å². The standard InChI is InChI=1S/C7H6F3O4P/c8-7(9,10)14-15(11,12)13-6-4-2-1-3-5-6/h1-5H,(H,11,12)/p-1. The van der Waals surface area contributed by atoms with Gasteiger partial charge < -0.3 is 9.42 Å². The molecule has 0 aromatic heterocycles. The molecular weight excluding hydrogens is 236 g/mol. The summed E-state index contributed by atoms with van der Waals surface area (Å²) in [5, 5.41) is 0. The summed E-state index contributed by atoms with van der Waals surface area (Å²) in [6, 6.07) is 6.73. The van der Waals surface area contributed by atoms with Gasteiger partial charge in [0.05, 0.1) is 0 Å². The fraction of sp³-hybridized carbons (Fsp3) is 0.143. The minimum absolute atomic E-state index is 0.250. The van der Waals surface area contributed by atoms with Crippen molar-refractivity contribution in [2.45, 2.75) is 6.36 Å². The summed E-state index contributed by atoms with van der Waals surface area (Å²) in [7, 11) is -5.41. The highest BCUT2D eigenvalue weighted by atomic mass is 31.2. The number of rotatable bonds is 3. The zero-order chi connectivity index (χ0) is 11.5. The number of phosphoric acid groups is 1. The van der Waals surface area contributed by atoms with E-state index in [0.717, 1.165) is 0 Å². The third-order valence-electron chi connectivity index (χ3n) is 1.18. The molecule has 1 rings (SSSR count). The Kier molecular flexibility index (Phi) is 3.38. The van der Waals surface area contributed by atoms with Crippen LogP contribution in [0.15, 0.2) is 30.3 Å². The van der Waals surface area contributed by atoms with Crippen molar-refractivity contribution in [3.05, 3.63) is 30.3 Å². The smallest absolute Gasteiger partial charge is 0.529 e. The van der Waals surface area contributed by atoms with Crippen LogP contribution in [-0.2, 0) is 9.09 Å². The van der Waals surface area contributed by atoms with Crippen molar-refractivity contribution in [2.75, 3.05) is 0 Å². The van der Waals surface area contributed by atoms with E-state index in [9.17, 15) is 22.6 Å². The Labute approximate surface area is 82.9 Å². The number of phosphoric ester groups is 1. The summed E-state index contributed by atoms with van der Waals surface area (Å²) in [5.74, 6) is -0.250. The maximum absolute atomic E-state index is 11.6. The Morgan fingerprint density at radius 3 is 2.20 bits per heavy atom. The van der Waals surface area contributed by atoms with Gasteiger partial charge in [-0.2, -0.15) is 0 Å². The third kappa shape index (κ3) is 4.83. The van der Waals surface area contributed by atoms with E-state index >= 15 is 0 Å². The summed E-state index contributed by atoms with van der Waals surface area (Å²) in [4.78, 5) is 10.7. The van der Waals surface area contributed by atoms with Crippen LogP contribution in [0.2, 0.25) is 0 Å². The topological polar surface area (TPSA) is 58.6 Å². The minimum atomic E-state index is -5.41. The molecule has 0 aliphatic carbocycles. The van der Waals surface area contributed by atoms with Gasteiger partial charge in [-0.3, -0.25) is 4.57 Å². The van der Waals surface area contributed by atoms with Crippen molar-refractivity contribution in [1.82, 2.24) is 0 Å². The average Bonchev–Trinajstić information content (AvgIpc) is 1.99. The third-order valence-corrected chi connectivity index (χ3v) is 2.04. The largest absolute Gasteiger partial charge is 0.746 e. The molecule has 1 unspecified atom stereocenters. The zero-order valence-corrected chi connectivity index (χ0v) is 8.00. The predicted molar refractivity (Wildman–Crippen MR) is 41.8 cm³/mol. The van der Waals surface area contributed by atoms with Crippen LogP contribution in [0.1, 0.15) is 0 Å².